The third-order valence-corrected chi connectivity index (χ3v) is 4.28. The van der Waals surface area contributed by atoms with Crippen LogP contribution in [0.2, 0.25) is 0 Å². The van der Waals surface area contributed by atoms with E-state index < -0.39 is 0 Å². The molecule has 1 saturated heterocycles. The van der Waals surface area contributed by atoms with Crippen LogP contribution in [-0.2, 0) is 0 Å². The van der Waals surface area contributed by atoms with Gasteiger partial charge in [0.15, 0.2) is 5.88 Å². The second-order valence-corrected chi connectivity index (χ2v) is 5.93. The minimum Gasteiger partial charge on any atom is -0.440 e. The summed E-state index contributed by atoms with van der Waals surface area (Å²) in [4.78, 5) is 6.82. The molecule has 1 aliphatic rings. The van der Waals surface area contributed by atoms with E-state index in [2.05, 4.69) is 15.0 Å². The highest BCUT2D eigenvalue weighted by molar-refractivity contribution is 5.79. The van der Waals surface area contributed by atoms with Crippen LogP contribution in [-0.4, -0.2) is 29.0 Å². The molecule has 1 aromatic carbocycles. The van der Waals surface area contributed by atoms with Gasteiger partial charge in [0.25, 0.3) is 0 Å². The van der Waals surface area contributed by atoms with E-state index in [0.29, 0.717) is 0 Å². The van der Waals surface area contributed by atoms with Crippen molar-refractivity contribution in [2.45, 2.75) is 26.2 Å². The number of hydrogen-bond donors (Lipinski definition) is 0. The zero-order valence-corrected chi connectivity index (χ0v) is 13.3. The lowest BCUT2D eigenvalue weighted by Crippen LogP contribution is -2.28. The molecule has 0 atom stereocenters. The van der Waals surface area contributed by atoms with Crippen molar-refractivity contribution in [3.63, 3.8) is 0 Å². The van der Waals surface area contributed by atoms with Crippen molar-refractivity contribution in [3.8, 4) is 0 Å². The molecular weight excluding hydrogens is 288 g/mol. The van der Waals surface area contributed by atoms with Gasteiger partial charge in [-0.3, -0.25) is 0 Å². The lowest BCUT2D eigenvalue weighted by atomic mass is 10.1. The molecule has 5 nitrogen and oxygen atoms in total. The predicted molar refractivity (Wildman–Crippen MR) is 92.2 cm³/mol. The third-order valence-electron chi connectivity index (χ3n) is 4.28. The fourth-order valence-corrected chi connectivity index (χ4v) is 3.09. The molecule has 0 amide bonds. The number of rotatable bonds is 3. The molecule has 5 heteroatoms. The van der Waals surface area contributed by atoms with Crippen molar-refractivity contribution in [2.24, 2.45) is 5.10 Å². The van der Waals surface area contributed by atoms with Gasteiger partial charge in [-0.25, -0.2) is 9.66 Å². The summed E-state index contributed by atoms with van der Waals surface area (Å²) >= 11 is 0. The molecule has 1 aliphatic heterocycles. The van der Waals surface area contributed by atoms with Gasteiger partial charge < -0.3 is 9.32 Å². The number of furan rings is 1. The molecule has 3 aromatic rings. The fourth-order valence-electron chi connectivity index (χ4n) is 3.09. The Balaban J connectivity index is 1.58. The summed E-state index contributed by atoms with van der Waals surface area (Å²) < 4.78 is 7.76. The van der Waals surface area contributed by atoms with Gasteiger partial charge in [-0.15, -0.1) is 0 Å². The van der Waals surface area contributed by atoms with Crippen LogP contribution in [0.25, 0.3) is 11.0 Å². The van der Waals surface area contributed by atoms with E-state index in [1.165, 1.54) is 19.3 Å². The van der Waals surface area contributed by atoms with E-state index >= 15 is 0 Å². The maximum atomic E-state index is 5.92. The Bertz CT molecular complexity index is 840. The molecule has 4 rings (SSSR count). The average Bonchev–Trinajstić information content (AvgIpc) is 3.18. The number of hydrogen-bond acceptors (Lipinski definition) is 4. The summed E-state index contributed by atoms with van der Waals surface area (Å²) in [5.41, 5.74) is 1.96. The summed E-state index contributed by atoms with van der Waals surface area (Å²) in [5, 5.41) is 4.54. The molecule has 0 N–H and O–H groups in total. The smallest absolute Gasteiger partial charge is 0.196 e. The van der Waals surface area contributed by atoms with E-state index in [-0.39, 0.29) is 0 Å². The van der Waals surface area contributed by atoms with Gasteiger partial charge in [0, 0.05) is 19.2 Å². The Morgan fingerprint density at radius 2 is 1.91 bits per heavy atom. The maximum Gasteiger partial charge on any atom is 0.196 e. The average molecular weight is 308 g/mol. The highest BCUT2D eigenvalue weighted by atomic mass is 16.4. The number of piperidine rings is 1. The van der Waals surface area contributed by atoms with Crippen LogP contribution in [0.3, 0.4) is 0 Å². The summed E-state index contributed by atoms with van der Waals surface area (Å²) in [6.07, 6.45) is 5.56. The first-order valence-electron chi connectivity index (χ1n) is 8.14. The normalized spacial score (nSPS) is 15.8. The van der Waals surface area contributed by atoms with Crippen LogP contribution < -0.4 is 4.90 Å². The minimum absolute atomic E-state index is 0.766. The second-order valence-electron chi connectivity index (χ2n) is 5.93. The lowest BCUT2D eigenvalue weighted by molar-refractivity contribution is 0.497. The van der Waals surface area contributed by atoms with Gasteiger partial charge in [0.2, 0.25) is 0 Å². The van der Waals surface area contributed by atoms with Crippen molar-refractivity contribution in [3.05, 3.63) is 48.0 Å². The SMILES string of the molecule is Cc1nc2ccccc2n1/N=C/c1ccc(N2CCCCC2)o1. The van der Waals surface area contributed by atoms with E-state index in [1.807, 2.05) is 48.0 Å². The Hall–Kier alpha value is -2.56. The number of aryl methyl sites for hydroxylation is 1. The number of benzene rings is 1. The number of para-hydroxylation sites is 2. The molecule has 118 valence electrons. The molecule has 2 aromatic heterocycles. The lowest BCUT2D eigenvalue weighted by Gasteiger charge is -2.25. The topological polar surface area (TPSA) is 46.6 Å². The van der Waals surface area contributed by atoms with E-state index in [4.69, 9.17) is 4.42 Å². The first-order chi connectivity index (χ1) is 11.3. The molecule has 0 radical (unpaired) electrons. The molecule has 1 fully saturated rings. The number of fused-ring (bicyclic) bond motifs is 1. The van der Waals surface area contributed by atoms with E-state index in [9.17, 15) is 0 Å². The highest BCUT2D eigenvalue weighted by Gasteiger charge is 2.14. The first kappa shape index (κ1) is 14.1. The van der Waals surface area contributed by atoms with Crippen molar-refractivity contribution in [1.29, 1.82) is 0 Å². The van der Waals surface area contributed by atoms with Crippen LogP contribution in [0.15, 0.2) is 45.9 Å². The number of anilines is 1. The number of imidazole rings is 1. The Morgan fingerprint density at radius 1 is 1.09 bits per heavy atom. The quantitative estimate of drug-likeness (QED) is 0.691. The van der Waals surface area contributed by atoms with Crippen molar-refractivity contribution in [2.75, 3.05) is 18.0 Å². The molecule has 0 unspecified atom stereocenters. The van der Waals surface area contributed by atoms with Crippen LogP contribution in [0.5, 0.6) is 0 Å². The Labute approximate surface area is 135 Å². The van der Waals surface area contributed by atoms with Crippen molar-refractivity contribution >= 4 is 23.1 Å². The monoisotopic (exact) mass is 308 g/mol. The van der Waals surface area contributed by atoms with Gasteiger partial charge >= 0.3 is 0 Å². The highest BCUT2D eigenvalue weighted by Crippen LogP contribution is 2.22. The number of nitrogens with zero attached hydrogens (tertiary/aromatic N) is 4. The molecule has 0 bridgehead atoms. The summed E-state index contributed by atoms with van der Waals surface area (Å²) in [7, 11) is 0. The molecule has 0 aliphatic carbocycles. The largest absolute Gasteiger partial charge is 0.440 e. The van der Waals surface area contributed by atoms with Gasteiger partial charge in [0.1, 0.15) is 11.6 Å². The fraction of sp³-hybridized carbons (Fsp3) is 0.333. The molecule has 0 saturated carbocycles. The van der Waals surface area contributed by atoms with Crippen LogP contribution >= 0.6 is 0 Å². The van der Waals surface area contributed by atoms with Gasteiger partial charge in [-0.2, -0.15) is 5.10 Å². The van der Waals surface area contributed by atoms with Gasteiger partial charge in [-0.1, -0.05) is 12.1 Å². The molecule has 23 heavy (non-hydrogen) atoms. The summed E-state index contributed by atoms with van der Waals surface area (Å²) in [6.45, 7) is 4.11. The predicted octanol–water partition coefficient (Wildman–Crippen LogP) is 3.81. The van der Waals surface area contributed by atoms with Gasteiger partial charge in [0.05, 0.1) is 17.2 Å². The van der Waals surface area contributed by atoms with Crippen molar-refractivity contribution in [1.82, 2.24) is 9.66 Å². The summed E-state index contributed by atoms with van der Waals surface area (Å²) in [5.74, 6) is 2.58. The van der Waals surface area contributed by atoms with Crippen LogP contribution in [0.4, 0.5) is 5.88 Å². The van der Waals surface area contributed by atoms with Crippen LogP contribution in [0, 0.1) is 6.92 Å². The summed E-state index contributed by atoms with van der Waals surface area (Å²) in [6, 6.07) is 12.0. The van der Waals surface area contributed by atoms with Crippen LogP contribution in [0.1, 0.15) is 30.8 Å². The Morgan fingerprint density at radius 3 is 2.78 bits per heavy atom. The zero-order chi connectivity index (χ0) is 15.6. The first-order valence-corrected chi connectivity index (χ1v) is 8.14. The van der Waals surface area contributed by atoms with Gasteiger partial charge in [-0.05, 0) is 44.4 Å². The minimum atomic E-state index is 0.766. The van der Waals surface area contributed by atoms with E-state index in [1.54, 1.807) is 6.21 Å². The van der Waals surface area contributed by atoms with Crippen molar-refractivity contribution < 1.29 is 4.42 Å². The van der Waals surface area contributed by atoms with E-state index in [0.717, 1.165) is 41.6 Å². The molecular formula is C18H20N4O. The number of aromatic nitrogens is 2. The standard InChI is InChI=1S/C18H20N4O/c1-14-20-16-7-3-4-8-17(16)22(14)19-13-15-9-10-18(23-15)21-11-5-2-6-12-21/h3-4,7-10,13H,2,5-6,11-12H2,1H3/b19-13+. The maximum absolute atomic E-state index is 5.92. The molecule has 0 spiro atoms. The molecule has 3 heterocycles. The Kier molecular flexibility index (Phi) is 3.61. The second kappa shape index (κ2) is 5.91. The zero-order valence-electron chi connectivity index (χ0n) is 13.3. The third kappa shape index (κ3) is 2.74.